The molecule has 0 aliphatic carbocycles. The Kier molecular flexibility index (Phi) is 4.69. The van der Waals surface area contributed by atoms with E-state index in [2.05, 4.69) is 0 Å². The number of carbonyl (C=O) groups excluding carboxylic acids is 2. The molecule has 2 saturated heterocycles. The Balaban J connectivity index is 1.48. The van der Waals surface area contributed by atoms with Gasteiger partial charge in [0.1, 0.15) is 11.5 Å². The van der Waals surface area contributed by atoms with Gasteiger partial charge in [0.2, 0.25) is 5.91 Å². The highest BCUT2D eigenvalue weighted by molar-refractivity contribution is 6.22. The molecule has 0 radical (unpaired) electrons. The summed E-state index contributed by atoms with van der Waals surface area (Å²) in [5, 5.41) is 0. The molecule has 4 rings (SSSR count). The Hall–Kier alpha value is -2.70. The quantitative estimate of drug-likeness (QED) is 0.791. The maximum atomic E-state index is 12.8. The summed E-state index contributed by atoms with van der Waals surface area (Å²) in [6, 6.07) is 16.1. The van der Waals surface area contributed by atoms with Gasteiger partial charge in [0.15, 0.2) is 0 Å². The molecule has 2 aromatic rings. The van der Waals surface area contributed by atoms with E-state index in [-0.39, 0.29) is 24.3 Å². The van der Waals surface area contributed by atoms with Gasteiger partial charge in [-0.25, -0.2) is 4.90 Å². The van der Waals surface area contributed by atoms with E-state index in [0.29, 0.717) is 37.7 Å². The summed E-state index contributed by atoms with van der Waals surface area (Å²) in [4.78, 5) is 28.5. The second-order valence-electron chi connectivity index (χ2n) is 6.34. The molecule has 0 aromatic heterocycles. The predicted octanol–water partition coefficient (Wildman–Crippen LogP) is 2.44. The Labute approximate surface area is 151 Å². The minimum absolute atomic E-state index is 0.159. The molecule has 2 aromatic carbocycles. The minimum Gasteiger partial charge on any atom is -0.457 e. The molecule has 26 heavy (non-hydrogen) atoms. The number of hydrogen-bond donors (Lipinski definition) is 0. The van der Waals surface area contributed by atoms with Gasteiger partial charge >= 0.3 is 0 Å². The molecular formula is C20H20N2O4. The molecule has 0 unspecified atom stereocenters. The average molecular weight is 352 g/mol. The third-order valence-corrected chi connectivity index (χ3v) is 4.68. The first kappa shape index (κ1) is 16.8. The van der Waals surface area contributed by atoms with Crippen molar-refractivity contribution in [3.63, 3.8) is 0 Å². The molecule has 0 saturated carbocycles. The van der Waals surface area contributed by atoms with Crippen LogP contribution in [0.25, 0.3) is 0 Å². The minimum atomic E-state index is -0.383. The van der Waals surface area contributed by atoms with E-state index in [9.17, 15) is 9.59 Å². The molecule has 2 aliphatic rings. The van der Waals surface area contributed by atoms with Gasteiger partial charge in [-0.3, -0.25) is 14.5 Å². The first-order chi connectivity index (χ1) is 12.7. The number of anilines is 1. The van der Waals surface area contributed by atoms with E-state index in [1.54, 1.807) is 24.3 Å². The maximum Gasteiger partial charge on any atom is 0.251 e. The van der Waals surface area contributed by atoms with E-state index >= 15 is 0 Å². The number of para-hydroxylation sites is 1. The second-order valence-corrected chi connectivity index (χ2v) is 6.34. The van der Waals surface area contributed by atoms with Crippen molar-refractivity contribution in [3.8, 4) is 11.5 Å². The van der Waals surface area contributed by atoms with E-state index in [0.717, 1.165) is 5.75 Å². The normalized spacial score (nSPS) is 21.2. The fraction of sp³-hybridized carbons (Fsp3) is 0.300. The average Bonchev–Trinajstić information content (AvgIpc) is 2.98. The van der Waals surface area contributed by atoms with Crippen LogP contribution in [0, 0.1) is 0 Å². The van der Waals surface area contributed by atoms with Crippen molar-refractivity contribution in [3.05, 3.63) is 54.6 Å². The molecule has 2 heterocycles. The molecule has 2 amide bonds. The van der Waals surface area contributed by atoms with Gasteiger partial charge in [0, 0.05) is 13.1 Å². The van der Waals surface area contributed by atoms with Crippen LogP contribution >= 0.6 is 0 Å². The van der Waals surface area contributed by atoms with E-state index in [4.69, 9.17) is 9.47 Å². The Bertz CT molecular complexity index is 785. The lowest BCUT2D eigenvalue weighted by Crippen LogP contribution is -2.47. The van der Waals surface area contributed by atoms with Gasteiger partial charge < -0.3 is 9.47 Å². The van der Waals surface area contributed by atoms with Crippen LogP contribution in [0.2, 0.25) is 0 Å². The van der Waals surface area contributed by atoms with Gasteiger partial charge in [-0.15, -0.1) is 0 Å². The Morgan fingerprint density at radius 1 is 0.885 bits per heavy atom. The summed E-state index contributed by atoms with van der Waals surface area (Å²) in [6.07, 6.45) is 0.223. The standard InChI is InChI=1S/C20H20N2O4/c23-19-14-18(21-10-12-25-13-11-21)20(24)22(19)15-6-8-17(9-7-15)26-16-4-2-1-3-5-16/h1-9,18H,10-14H2/t18-/m0/s1. The van der Waals surface area contributed by atoms with Crippen molar-refractivity contribution in [2.24, 2.45) is 0 Å². The number of hydrogen-bond acceptors (Lipinski definition) is 5. The van der Waals surface area contributed by atoms with Crippen molar-refractivity contribution in [1.29, 1.82) is 0 Å². The van der Waals surface area contributed by atoms with Gasteiger partial charge in [-0.1, -0.05) is 18.2 Å². The third-order valence-electron chi connectivity index (χ3n) is 4.68. The van der Waals surface area contributed by atoms with Crippen molar-refractivity contribution >= 4 is 17.5 Å². The van der Waals surface area contributed by atoms with Gasteiger partial charge in [-0.05, 0) is 36.4 Å². The molecule has 1 atom stereocenters. The summed E-state index contributed by atoms with van der Waals surface area (Å²) in [5.74, 6) is 1.07. The lowest BCUT2D eigenvalue weighted by atomic mass is 10.2. The molecule has 0 N–H and O–H groups in total. The number of rotatable bonds is 4. The highest BCUT2D eigenvalue weighted by Crippen LogP contribution is 2.29. The topological polar surface area (TPSA) is 59.1 Å². The van der Waals surface area contributed by atoms with E-state index in [1.165, 1.54) is 4.90 Å². The highest BCUT2D eigenvalue weighted by atomic mass is 16.5. The number of benzene rings is 2. The molecule has 6 nitrogen and oxygen atoms in total. The van der Waals surface area contributed by atoms with Gasteiger partial charge in [-0.2, -0.15) is 0 Å². The van der Waals surface area contributed by atoms with E-state index < -0.39 is 0 Å². The van der Waals surface area contributed by atoms with Gasteiger partial charge in [0.05, 0.1) is 31.4 Å². The number of imide groups is 1. The van der Waals surface area contributed by atoms with Crippen LogP contribution in [-0.2, 0) is 14.3 Å². The summed E-state index contributed by atoms with van der Waals surface area (Å²) in [7, 11) is 0. The molecule has 2 aliphatic heterocycles. The van der Waals surface area contributed by atoms with Crippen molar-refractivity contribution in [2.45, 2.75) is 12.5 Å². The summed E-state index contributed by atoms with van der Waals surface area (Å²) in [6.45, 7) is 2.57. The molecule has 0 bridgehead atoms. The summed E-state index contributed by atoms with van der Waals surface area (Å²) >= 11 is 0. The zero-order valence-corrected chi connectivity index (χ0v) is 14.3. The van der Waals surface area contributed by atoms with Crippen LogP contribution in [0.15, 0.2) is 54.6 Å². The Morgan fingerprint density at radius 2 is 1.54 bits per heavy atom. The summed E-state index contributed by atoms with van der Waals surface area (Å²) < 4.78 is 11.1. The Morgan fingerprint density at radius 3 is 2.23 bits per heavy atom. The fourth-order valence-electron chi connectivity index (χ4n) is 3.35. The van der Waals surface area contributed by atoms with Crippen molar-refractivity contribution < 1.29 is 19.1 Å². The largest absolute Gasteiger partial charge is 0.457 e. The summed E-state index contributed by atoms with van der Waals surface area (Å²) in [5.41, 5.74) is 0.580. The van der Waals surface area contributed by atoms with Crippen LogP contribution in [0.5, 0.6) is 11.5 Å². The van der Waals surface area contributed by atoms with Gasteiger partial charge in [0.25, 0.3) is 5.91 Å². The number of nitrogens with zero attached hydrogens (tertiary/aromatic N) is 2. The highest BCUT2D eigenvalue weighted by Gasteiger charge is 2.42. The second kappa shape index (κ2) is 7.27. The number of ether oxygens (including phenoxy) is 2. The van der Waals surface area contributed by atoms with Crippen LogP contribution < -0.4 is 9.64 Å². The van der Waals surface area contributed by atoms with Crippen LogP contribution in [-0.4, -0.2) is 49.1 Å². The molecule has 2 fully saturated rings. The maximum absolute atomic E-state index is 12.8. The molecule has 134 valence electrons. The number of carbonyl (C=O) groups is 2. The lowest BCUT2D eigenvalue weighted by molar-refractivity contribution is -0.123. The van der Waals surface area contributed by atoms with Crippen LogP contribution in [0.1, 0.15) is 6.42 Å². The molecular weight excluding hydrogens is 332 g/mol. The first-order valence-corrected chi connectivity index (χ1v) is 8.74. The van der Waals surface area contributed by atoms with Crippen molar-refractivity contribution in [1.82, 2.24) is 4.90 Å². The first-order valence-electron chi connectivity index (χ1n) is 8.74. The number of amides is 2. The lowest BCUT2D eigenvalue weighted by Gasteiger charge is -2.30. The molecule has 0 spiro atoms. The monoisotopic (exact) mass is 352 g/mol. The van der Waals surface area contributed by atoms with E-state index in [1.807, 2.05) is 35.2 Å². The van der Waals surface area contributed by atoms with Crippen LogP contribution in [0.4, 0.5) is 5.69 Å². The fourth-order valence-corrected chi connectivity index (χ4v) is 3.35. The zero-order valence-electron chi connectivity index (χ0n) is 14.3. The zero-order chi connectivity index (χ0) is 17.9. The molecule has 6 heteroatoms. The third kappa shape index (κ3) is 3.34. The SMILES string of the molecule is O=C1C[C@H](N2CCOCC2)C(=O)N1c1ccc(Oc2ccccc2)cc1. The van der Waals surface area contributed by atoms with Crippen LogP contribution in [0.3, 0.4) is 0 Å². The predicted molar refractivity (Wildman–Crippen MR) is 96.2 cm³/mol. The smallest absolute Gasteiger partial charge is 0.251 e. The van der Waals surface area contributed by atoms with Crippen molar-refractivity contribution in [2.75, 3.05) is 31.2 Å². The number of morpholine rings is 1.